The lowest BCUT2D eigenvalue weighted by Crippen LogP contribution is -2.38. The molecule has 5 heteroatoms. The van der Waals surface area contributed by atoms with E-state index >= 15 is 0 Å². The van der Waals surface area contributed by atoms with Crippen LogP contribution >= 0.6 is 15.9 Å². The molecule has 0 heterocycles. The Balaban J connectivity index is 1.85. The second kappa shape index (κ2) is 7.13. The highest BCUT2D eigenvalue weighted by atomic mass is 79.9. The van der Waals surface area contributed by atoms with Crippen LogP contribution in [0.5, 0.6) is 5.75 Å². The Kier molecular flexibility index (Phi) is 5.22. The van der Waals surface area contributed by atoms with Crippen molar-refractivity contribution in [3.05, 3.63) is 58.6 Å². The molecule has 2 aromatic rings. The number of hydrogen-bond acceptors (Lipinski definition) is 2. The molecule has 2 rings (SSSR count). The molecule has 0 spiro atoms. The average molecular weight is 349 g/mol. The lowest BCUT2D eigenvalue weighted by atomic mass is 10.1. The number of benzene rings is 2. The summed E-state index contributed by atoms with van der Waals surface area (Å²) in [4.78, 5) is 13.5. The molecule has 0 fully saturated rings. The molecule has 4 nitrogen and oxygen atoms in total. The first kappa shape index (κ1) is 15.4. The number of carbonyl (C=O) groups excluding carboxylic acids is 1. The summed E-state index contributed by atoms with van der Waals surface area (Å²) in [6.07, 6.45) is 0.772. The van der Waals surface area contributed by atoms with Gasteiger partial charge in [0.15, 0.2) is 0 Å². The fourth-order valence-electron chi connectivity index (χ4n) is 1.92. The van der Waals surface area contributed by atoms with Crippen molar-refractivity contribution in [2.45, 2.75) is 6.42 Å². The van der Waals surface area contributed by atoms with Gasteiger partial charge in [0.25, 0.3) is 0 Å². The van der Waals surface area contributed by atoms with Gasteiger partial charge in [-0.05, 0) is 48.4 Å². The van der Waals surface area contributed by atoms with Crippen molar-refractivity contribution in [1.82, 2.24) is 5.32 Å². The van der Waals surface area contributed by atoms with Gasteiger partial charge in [-0.2, -0.15) is 0 Å². The molecule has 0 unspecified atom stereocenters. The predicted molar refractivity (Wildman–Crippen MR) is 87.8 cm³/mol. The third kappa shape index (κ3) is 4.49. The maximum Gasteiger partial charge on any atom is 0.321 e. The standard InChI is InChI=1S/C16H17BrN2O2/c1-19(14-5-7-15(20)8-6-14)16(21)18-10-9-12-3-2-4-13(17)11-12/h2-8,11,20H,9-10H2,1H3,(H,18,21). The number of urea groups is 1. The van der Waals surface area contributed by atoms with Gasteiger partial charge in [0.2, 0.25) is 0 Å². The van der Waals surface area contributed by atoms with Crippen molar-refractivity contribution >= 4 is 27.6 Å². The van der Waals surface area contributed by atoms with E-state index in [1.165, 1.54) is 4.90 Å². The Bertz CT molecular complexity index is 614. The van der Waals surface area contributed by atoms with Crippen LogP contribution in [-0.2, 0) is 6.42 Å². The van der Waals surface area contributed by atoms with Gasteiger partial charge < -0.3 is 10.4 Å². The summed E-state index contributed by atoms with van der Waals surface area (Å²) in [5.41, 5.74) is 1.89. The molecule has 0 radical (unpaired) electrons. The second-order valence-electron chi connectivity index (χ2n) is 4.69. The topological polar surface area (TPSA) is 52.6 Å². The molecular formula is C16H17BrN2O2. The Hall–Kier alpha value is -2.01. The molecule has 0 bridgehead atoms. The van der Waals surface area contributed by atoms with Crippen molar-refractivity contribution in [3.63, 3.8) is 0 Å². The quantitative estimate of drug-likeness (QED) is 0.887. The highest BCUT2D eigenvalue weighted by molar-refractivity contribution is 9.10. The van der Waals surface area contributed by atoms with E-state index in [1.54, 1.807) is 31.3 Å². The molecule has 21 heavy (non-hydrogen) atoms. The van der Waals surface area contributed by atoms with E-state index in [0.717, 1.165) is 22.1 Å². The van der Waals surface area contributed by atoms with Gasteiger partial charge in [0.05, 0.1) is 0 Å². The molecule has 2 N–H and O–H groups in total. The van der Waals surface area contributed by atoms with E-state index in [4.69, 9.17) is 0 Å². The van der Waals surface area contributed by atoms with Crippen molar-refractivity contribution < 1.29 is 9.90 Å². The maximum absolute atomic E-state index is 12.0. The Labute approximate surface area is 132 Å². The highest BCUT2D eigenvalue weighted by Crippen LogP contribution is 2.17. The van der Waals surface area contributed by atoms with Crippen LogP contribution < -0.4 is 10.2 Å². The fraction of sp³-hybridized carbons (Fsp3) is 0.188. The third-order valence-corrected chi connectivity index (χ3v) is 3.61. The molecule has 2 amide bonds. The zero-order chi connectivity index (χ0) is 15.2. The first-order valence-corrected chi connectivity index (χ1v) is 7.40. The molecule has 0 aliphatic carbocycles. The van der Waals surface area contributed by atoms with Gasteiger partial charge >= 0.3 is 6.03 Å². The van der Waals surface area contributed by atoms with Crippen LogP contribution in [0.4, 0.5) is 10.5 Å². The van der Waals surface area contributed by atoms with E-state index in [1.807, 2.05) is 24.3 Å². The number of carbonyl (C=O) groups is 1. The molecular weight excluding hydrogens is 332 g/mol. The van der Waals surface area contributed by atoms with Crippen LogP contribution in [-0.4, -0.2) is 24.7 Å². The number of nitrogens with zero attached hydrogens (tertiary/aromatic N) is 1. The number of hydrogen-bond donors (Lipinski definition) is 2. The first-order chi connectivity index (χ1) is 10.1. The van der Waals surface area contributed by atoms with Crippen molar-refractivity contribution in [1.29, 1.82) is 0 Å². The highest BCUT2D eigenvalue weighted by Gasteiger charge is 2.09. The van der Waals surface area contributed by atoms with Gasteiger partial charge in [0, 0.05) is 23.8 Å². The van der Waals surface area contributed by atoms with Crippen LogP contribution in [0, 0.1) is 0 Å². The second-order valence-corrected chi connectivity index (χ2v) is 5.60. The lowest BCUT2D eigenvalue weighted by Gasteiger charge is -2.18. The number of nitrogens with one attached hydrogen (secondary N) is 1. The van der Waals surface area contributed by atoms with Crippen molar-refractivity contribution in [2.75, 3.05) is 18.5 Å². The Morgan fingerprint density at radius 1 is 1.24 bits per heavy atom. The zero-order valence-corrected chi connectivity index (χ0v) is 13.3. The Morgan fingerprint density at radius 3 is 2.62 bits per heavy atom. The van der Waals surface area contributed by atoms with Crippen LogP contribution in [0.2, 0.25) is 0 Å². The van der Waals surface area contributed by atoms with E-state index in [0.29, 0.717) is 6.54 Å². The molecule has 0 atom stereocenters. The van der Waals surface area contributed by atoms with Crippen LogP contribution in [0.25, 0.3) is 0 Å². The molecule has 0 saturated carbocycles. The molecule has 110 valence electrons. The van der Waals surface area contributed by atoms with Crippen molar-refractivity contribution in [3.8, 4) is 5.75 Å². The van der Waals surface area contributed by atoms with Gasteiger partial charge in [0.1, 0.15) is 5.75 Å². The predicted octanol–water partition coefficient (Wildman–Crippen LogP) is 3.54. The molecule has 0 aromatic heterocycles. The normalized spacial score (nSPS) is 10.2. The minimum absolute atomic E-state index is 0.171. The fourth-order valence-corrected chi connectivity index (χ4v) is 2.36. The maximum atomic E-state index is 12.0. The zero-order valence-electron chi connectivity index (χ0n) is 11.7. The van der Waals surface area contributed by atoms with Gasteiger partial charge in [-0.15, -0.1) is 0 Å². The summed E-state index contributed by atoms with van der Waals surface area (Å²) in [5.74, 6) is 0.183. The molecule has 2 aromatic carbocycles. The average Bonchev–Trinajstić information content (AvgIpc) is 2.47. The number of phenols is 1. The molecule has 0 aliphatic rings. The summed E-state index contributed by atoms with van der Waals surface area (Å²) in [6, 6.07) is 14.4. The molecule has 0 aliphatic heterocycles. The summed E-state index contributed by atoms with van der Waals surface area (Å²) in [5, 5.41) is 12.1. The van der Waals surface area contributed by atoms with E-state index in [2.05, 4.69) is 21.2 Å². The van der Waals surface area contributed by atoms with E-state index in [9.17, 15) is 9.90 Å². The number of phenolic OH excluding ortho intramolecular Hbond substituents is 1. The largest absolute Gasteiger partial charge is 0.508 e. The minimum atomic E-state index is -0.171. The summed E-state index contributed by atoms with van der Waals surface area (Å²) < 4.78 is 1.03. The number of aromatic hydroxyl groups is 1. The SMILES string of the molecule is CN(C(=O)NCCc1cccc(Br)c1)c1ccc(O)cc1. The van der Waals surface area contributed by atoms with Crippen LogP contribution in [0.15, 0.2) is 53.0 Å². The lowest BCUT2D eigenvalue weighted by molar-refractivity contribution is 0.247. The van der Waals surface area contributed by atoms with Gasteiger partial charge in [-0.3, -0.25) is 4.90 Å². The van der Waals surface area contributed by atoms with Crippen LogP contribution in [0.1, 0.15) is 5.56 Å². The van der Waals surface area contributed by atoms with Crippen molar-refractivity contribution in [2.24, 2.45) is 0 Å². The van der Waals surface area contributed by atoms with Gasteiger partial charge in [-0.25, -0.2) is 4.79 Å². The minimum Gasteiger partial charge on any atom is -0.508 e. The van der Waals surface area contributed by atoms with Crippen LogP contribution in [0.3, 0.4) is 0 Å². The number of anilines is 1. The summed E-state index contributed by atoms with van der Waals surface area (Å²) in [7, 11) is 1.70. The molecule has 0 saturated heterocycles. The third-order valence-electron chi connectivity index (χ3n) is 3.12. The van der Waals surface area contributed by atoms with E-state index < -0.39 is 0 Å². The Morgan fingerprint density at radius 2 is 1.95 bits per heavy atom. The monoisotopic (exact) mass is 348 g/mol. The number of halogens is 1. The number of amides is 2. The van der Waals surface area contributed by atoms with Gasteiger partial charge in [-0.1, -0.05) is 28.1 Å². The summed E-state index contributed by atoms with van der Waals surface area (Å²) >= 11 is 3.43. The first-order valence-electron chi connectivity index (χ1n) is 6.61. The smallest absolute Gasteiger partial charge is 0.321 e. The summed E-state index contributed by atoms with van der Waals surface area (Å²) in [6.45, 7) is 0.567. The van der Waals surface area contributed by atoms with E-state index in [-0.39, 0.29) is 11.8 Å². The number of rotatable bonds is 4.